The number of carboxylic acids is 1. The molecule has 1 fully saturated rings. The summed E-state index contributed by atoms with van der Waals surface area (Å²) in [5, 5.41) is 21.5. The fraction of sp³-hybridized carbons (Fsp3) is 0.429. The molecule has 5 nitrogen and oxygen atoms in total. The normalized spacial score (nSPS) is 23.8. The molecule has 0 heterocycles. The van der Waals surface area contributed by atoms with Crippen molar-refractivity contribution >= 4 is 11.9 Å². The van der Waals surface area contributed by atoms with Crippen LogP contribution in [-0.2, 0) is 9.59 Å². The van der Waals surface area contributed by atoms with Crippen molar-refractivity contribution in [3.8, 4) is 0 Å². The van der Waals surface area contributed by atoms with Crippen LogP contribution < -0.4 is 5.32 Å². The molecule has 2 rings (SSSR count). The highest BCUT2D eigenvalue weighted by Crippen LogP contribution is 2.26. The molecule has 5 heteroatoms. The molecule has 0 spiro atoms. The van der Waals surface area contributed by atoms with Crippen LogP contribution in [0.25, 0.3) is 0 Å². The summed E-state index contributed by atoms with van der Waals surface area (Å²) in [6, 6.07) is 8.51. The number of hydrogen-bond donors (Lipinski definition) is 3. The maximum atomic E-state index is 11.9. The third-order valence-corrected chi connectivity index (χ3v) is 3.49. The number of amides is 1. The second kappa shape index (κ2) is 5.84. The van der Waals surface area contributed by atoms with E-state index in [2.05, 4.69) is 5.32 Å². The van der Waals surface area contributed by atoms with E-state index < -0.39 is 18.0 Å². The predicted molar refractivity (Wildman–Crippen MR) is 68.3 cm³/mol. The molecule has 0 bridgehead atoms. The predicted octanol–water partition coefficient (Wildman–Crippen LogP) is 1.09. The maximum absolute atomic E-state index is 11.9. The van der Waals surface area contributed by atoms with E-state index in [4.69, 9.17) is 5.11 Å². The van der Waals surface area contributed by atoms with Gasteiger partial charge >= 0.3 is 5.97 Å². The number of nitrogens with one attached hydrogen (secondary N) is 1. The van der Waals surface area contributed by atoms with E-state index in [1.165, 1.54) is 0 Å². The molecule has 1 unspecified atom stereocenters. The SMILES string of the molecule is O=C(N[C@H]1CC[C@@H](C(=O)O)C1)C(O)c1ccccc1. The van der Waals surface area contributed by atoms with E-state index in [0.29, 0.717) is 24.8 Å². The number of carbonyl (C=O) groups excluding carboxylic acids is 1. The highest BCUT2D eigenvalue weighted by Gasteiger charge is 2.31. The number of hydrogen-bond acceptors (Lipinski definition) is 3. The maximum Gasteiger partial charge on any atom is 0.306 e. The van der Waals surface area contributed by atoms with Crippen LogP contribution in [0.1, 0.15) is 30.9 Å². The van der Waals surface area contributed by atoms with Crippen LogP contribution in [0.15, 0.2) is 30.3 Å². The van der Waals surface area contributed by atoms with Gasteiger partial charge in [-0.3, -0.25) is 9.59 Å². The summed E-state index contributed by atoms with van der Waals surface area (Å²) in [6.07, 6.45) is 0.444. The summed E-state index contributed by atoms with van der Waals surface area (Å²) >= 11 is 0. The summed E-state index contributed by atoms with van der Waals surface area (Å²) in [5.74, 6) is -1.68. The summed E-state index contributed by atoms with van der Waals surface area (Å²) in [6.45, 7) is 0. The third-order valence-electron chi connectivity index (χ3n) is 3.49. The van der Waals surface area contributed by atoms with E-state index in [0.717, 1.165) is 0 Å². The van der Waals surface area contributed by atoms with Crippen molar-refractivity contribution in [2.24, 2.45) is 5.92 Å². The first-order chi connectivity index (χ1) is 9.08. The molecule has 1 aromatic carbocycles. The molecule has 1 saturated carbocycles. The van der Waals surface area contributed by atoms with Crippen molar-refractivity contribution in [3.05, 3.63) is 35.9 Å². The van der Waals surface area contributed by atoms with Gasteiger partial charge in [-0.1, -0.05) is 30.3 Å². The van der Waals surface area contributed by atoms with Gasteiger partial charge in [-0.15, -0.1) is 0 Å². The number of carboxylic acid groups (broad SMARTS) is 1. The minimum absolute atomic E-state index is 0.160. The number of benzene rings is 1. The number of aliphatic hydroxyl groups is 1. The van der Waals surface area contributed by atoms with E-state index in [1.807, 2.05) is 6.07 Å². The first-order valence-electron chi connectivity index (χ1n) is 6.34. The molecule has 1 aliphatic carbocycles. The van der Waals surface area contributed by atoms with Crippen molar-refractivity contribution in [1.29, 1.82) is 0 Å². The largest absolute Gasteiger partial charge is 0.481 e. The first-order valence-corrected chi connectivity index (χ1v) is 6.34. The minimum Gasteiger partial charge on any atom is -0.481 e. The standard InChI is InChI=1S/C14H17NO4/c16-12(9-4-2-1-3-5-9)13(17)15-11-7-6-10(8-11)14(18)19/h1-5,10-12,16H,6-8H2,(H,15,17)(H,18,19)/t10-,11+,12?/m1/s1. The topological polar surface area (TPSA) is 86.6 Å². The van der Waals surface area contributed by atoms with Crippen LogP contribution in [0.5, 0.6) is 0 Å². The monoisotopic (exact) mass is 263 g/mol. The second-order valence-electron chi connectivity index (χ2n) is 4.87. The lowest BCUT2D eigenvalue weighted by atomic mass is 10.1. The molecule has 0 aliphatic heterocycles. The molecule has 0 aromatic heterocycles. The molecule has 1 amide bonds. The van der Waals surface area contributed by atoms with Gasteiger partial charge in [0.2, 0.25) is 0 Å². The number of carbonyl (C=O) groups is 2. The van der Waals surface area contributed by atoms with Gasteiger partial charge < -0.3 is 15.5 Å². The quantitative estimate of drug-likeness (QED) is 0.759. The summed E-state index contributed by atoms with van der Waals surface area (Å²) in [7, 11) is 0. The van der Waals surface area contributed by atoms with Crippen LogP contribution in [0.3, 0.4) is 0 Å². The van der Waals surface area contributed by atoms with Crippen molar-refractivity contribution in [2.75, 3.05) is 0 Å². The third kappa shape index (κ3) is 3.32. The molecule has 3 N–H and O–H groups in total. The van der Waals surface area contributed by atoms with Crippen LogP contribution >= 0.6 is 0 Å². The average molecular weight is 263 g/mol. The molecular weight excluding hydrogens is 246 g/mol. The molecule has 19 heavy (non-hydrogen) atoms. The average Bonchev–Trinajstić information content (AvgIpc) is 2.87. The Kier molecular flexibility index (Phi) is 4.16. The molecule has 3 atom stereocenters. The van der Waals surface area contributed by atoms with E-state index in [1.54, 1.807) is 24.3 Å². The first kappa shape index (κ1) is 13.5. The molecule has 1 aliphatic rings. The van der Waals surface area contributed by atoms with Gasteiger partial charge in [-0.25, -0.2) is 0 Å². The highest BCUT2D eigenvalue weighted by atomic mass is 16.4. The van der Waals surface area contributed by atoms with Crippen LogP contribution in [0.4, 0.5) is 0 Å². The number of aliphatic hydroxyl groups excluding tert-OH is 1. The van der Waals surface area contributed by atoms with Crippen LogP contribution in [0, 0.1) is 5.92 Å². The van der Waals surface area contributed by atoms with Crippen LogP contribution in [0.2, 0.25) is 0 Å². The fourth-order valence-electron chi connectivity index (χ4n) is 2.40. The van der Waals surface area contributed by atoms with Gasteiger partial charge in [0, 0.05) is 6.04 Å². The van der Waals surface area contributed by atoms with E-state index in [9.17, 15) is 14.7 Å². The number of aliphatic carboxylic acids is 1. The Balaban J connectivity index is 1.90. The zero-order valence-electron chi connectivity index (χ0n) is 10.5. The fourth-order valence-corrected chi connectivity index (χ4v) is 2.40. The van der Waals surface area contributed by atoms with Crippen molar-refractivity contribution in [2.45, 2.75) is 31.4 Å². The van der Waals surface area contributed by atoms with Gasteiger partial charge in [-0.05, 0) is 24.8 Å². The van der Waals surface area contributed by atoms with Gasteiger partial charge in [0.15, 0.2) is 6.10 Å². The van der Waals surface area contributed by atoms with Crippen LogP contribution in [-0.4, -0.2) is 28.1 Å². The van der Waals surface area contributed by atoms with Gasteiger partial charge in [0.25, 0.3) is 5.91 Å². The Morgan fingerprint density at radius 3 is 2.47 bits per heavy atom. The Labute approximate surface area is 111 Å². The van der Waals surface area contributed by atoms with Crippen molar-refractivity contribution in [3.63, 3.8) is 0 Å². The summed E-state index contributed by atoms with van der Waals surface area (Å²) in [5.41, 5.74) is 0.535. The van der Waals surface area contributed by atoms with Crippen molar-refractivity contribution < 1.29 is 19.8 Å². The van der Waals surface area contributed by atoms with E-state index >= 15 is 0 Å². The minimum atomic E-state index is -1.20. The lowest BCUT2D eigenvalue weighted by Crippen LogP contribution is -2.36. The lowest BCUT2D eigenvalue weighted by Gasteiger charge is -2.16. The summed E-state index contributed by atoms with van der Waals surface area (Å²) in [4.78, 5) is 22.7. The Hall–Kier alpha value is -1.88. The van der Waals surface area contributed by atoms with E-state index in [-0.39, 0.29) is 12.0 Å². The lowest BCUT2D eigenvalue weighted by molar-refractivity contribution is -0.141. The number of rotatable bonds is 4. The molecule has 1 aromatic rings. The zero-order chi connectivity index (χ0) is 13.8. The highest BCUT2D eigenvalue weighted by molar-refractivity contribution is 5.82. The zero-order valence-corrected chi connectivity index (χ0v) is 10.5. The Morgan fingerprint density at radius 1 is 1.21 bits per heavy atom. The second-order valence-corrected chi connectivity index (χ2v) is 4.87. The smallest absolute Gasteiger partial charge is 0.306 e. The Morgan fingerprint density at radius 2 is 1.89 bits per heavy atom. The van der Waals surface area contributed by atoms with Gasteiger partial charge in [-0.2, -0.15) is 0 Å². The molecule has 0 saturated heterocycles. The summed E-state index contributed by atoms with van der Waals surface area (Å²) < 4.78 is 0. The van der Waals surface area contributed by atoms with Gasteiger partial charge in [0.05, 0.1) is 5.92 Å². The van der Waals surface area contributed by atoms with Gasteiger partial charge in [0.1, 0.15) is 0 Å². The van der Waals surface area contributed by atoms with Crippen molar-refractivity contribution in [1.82, 2.24) is 5.32 Å². The Bertz CT molecular complexity index is 460. The molecule has 0 radical (unpaired) electrons. The molecule has 102 valence electrons. The molecular formula is C14H17NO4.